The minimum atomic E-state index is -0.878. The summed E-state index contributed by atoms with van der Waals surface area (Å²) in [6.45, 7) is 0.529. The molecule has 0 spiro atoms. The fourth-order valence-electron chi connectivity index (χ4n) is 5.50. The lowest BCUT2D eigenvalue weighted by atomic mass is 9.82. The highest BCUT2D eigenvalue weighted by Crippen LogP contribution is 2.52. The third-order valence-corrected chi connectivity index (χ3v) is 7.44. The molecule has 0 radical (unpaired) electrons. The van der Waals surface area contributed by atoms with Crippen molar-refractivity contribution in [1.82, 2.24) is 14.8 Å². The van der Waals surface area contributed by atoms with E-state index in [9.17, 15) is 14.9 Å². The van der Waals surface area contributed by atoms with E-state index in [-0.39, 0.29) is 17.7 Å². The van der Waals surface area contributed by atoms with Crippen LogP contribution >= 0.6 is 0 Å². The molecule has 1 aliphatic heterocycles. The van der Waals surface area contributed by atoms with E-state index in [1.165, 1.54) is 0 Å². The third-order valence-electron chi connectivity index (χ3n) is 7.44. The smallest absolute Gasteiger partial charge is 0.247 e. The molecule has 2 saturated carbocycles. The molecule has 3 aliphatic rings. The van der Waals surface area contributed by atoms with Crippen LogP contribution in [0.3, 0.4) is 0 Å². The van der Waals surface area contributed by atoms with Crippen LogP contribution in [0.15, 0.2) is 24.4 Å². The van der Waals surface area contributed by atoms with Gasteiger partial charge in [-0.15, -0.1) is 0 Å². The number of aromatic nitrogens is 3. The van der Waals surface area contributed by atoms with E-state index in [1.54, 1.807) is 27.9 Å². The number of hydrogen-bond acceptors (Lipinski definition) is 6. The summed E-state index contributed by atoms with van der Waals surface area (Å²) in [6.07, 6.45) is 7.50. The topological polar surface area (TPSA) is 130 Å². The maximum Gasteiger partial charge on any atom is 0.247 e. The van der Waals surface area contributed by atoms with Crippen LogP contribution < -0.4 is 16.0 Å². The number of aryl methyl sites for hydroxylation is 1. The standard InChI is InChI=1S/C23H27N7O2/c1-29-17(22(20(25)31)7-2-3-8-22)13-19(28-29)27-18-12-16(6-10-26-18)30-11-9-23(14-24,21(30)32)15-4-5-15/h6,10,12-13,15H,2-5,7-9,11H2,1H3,(H2,25,31)(H,26,27,28)/t23-/m1/s1. The van der Waals surface area contributed by atoms with Gasteiger partial charge in [0.05, 0.1) is 17.2 Å². The zero-order valence-corrected chi connectivity index (χ0v) is 18.2. The Bertz CT molecular complexity index is 1120. The van der Waals surface area contributed by atoms with E-state index >= 15 is 0 Å². The minimum Gasteiger partial charge on any atom is -0.369 e. The Balaban J connectivity index is 1.38. The highest BCUT2D eigenvalue weighted by Gasteiger charge is 2.56. The van der Waals surface area contributed by atoms with Crippen molar-refractivity contribution >= 4 is 29.1 Å². The van der Waals surface area contributed by atoms with Crippen LogP contribution in [0.2, 0.25) is 0 Å². The minimum absolute atomic E-state index is 0.107. The van der Waals surface area contributed by atoms with Gasteiger partial charge in [0.25, 0.3) is 0 Å². The molecule has 9 nitrogen and oxygen atoms in total. The van der Waals surface area contributed by atoms with Gasteiger partial charge in [0.15, 0.2) is 5.82 Å². The number of primary amides is 1. The van der Waals surface area contributed by atoms with Gasteiger partial charge in [0.1, 0.15) is 11.2 Å². The summed E-state index contributed by atoms with van der Waals surface area (Å²) in [4.78, 5) is 31.5. The molecule has 166 valence electrons. The summed E-state index contributed by atoms with van der Waals surface area (Å²) in [5, 5.41) is 17.4. The van der Waals surface area contributed by atoms with Gasteiger partial charge in [-0.25, -0.2) is 4.98 Å². The number of nitriles is 1. The zero-order valence-electron chi connectivity index (χ0n) is 18.2. The van der Waals surface area contributed by atoms with Crippen LogP contribution in [0.5, 0.6) is 0 Å². The van der Waals surface area contributed by atoms with E-state index in [2.05, 4.69) is 21.5 Å². The molecular formula is C23H27N7O2. The lowest BCUT2D eigenvalue weighted by molar-refractivity contribution is -0.124. The maximum atomic E-state index is 13.1. The maximum absolute atomic E-state index is 13.1. The molecule has 2 amide bonds. The molecule has 1 saturated heterocycles. The molecule has 0 bridgehead atoms. The second-order valence-electron chi connectivity index (χ2n) is 9.28. The number of amides is 2. The highest BCUT2D eigenvalue weighted by atomic mass is 16.2. The van der Waals surface area contributed by atoms with Crippen molar-refractivity contribution < 1.29 is 9.59 Å². The molecule has 9 heteroatoms. The van der Waals surface area contributed by atoms with Crippen LogP contribution in [0.1, 0.15) is 50.6 Å². The lowest BCUT2D eigenvalue weighted by Gasteiger charge is -2.24. The van der Waals surface area contributed by atoms with Gasteiger partial charge in [-0.05, 0) is 44.1 Å². The van der Waals surface area contributed by atoms with Gasteiger partial charge >= 0.3 is 0 Å². The average Bonchev–Trinajstić information content (AvgIpc) is 3.24. The van der Waals surface area contributed by atoms with Crippen LogP contribution in [-0.4, -0.2) is 33.1 Å². The summed E-state index contributed by atoms with van der Waals surface area (Å²) in [5.41, 5.74) is 5.75. The van der Waals surface area contributed by atoms with E-state index in [0.29, 0.717) is 30.3 Å². The molecule has 2 aromatic rings. The first kappa shape index (κ1) is 20.5. The number of hydrogen-bond donors (Lipinski definition) is 2. The monoisotopic (exact) mass is 433 g/mol. The summed E-state index contributed by atoms with van der Waals surface area (Å²) in [6, 6.07) is 7.76. The van der Waals surface area contributed by atoms with Gasteiger partial charge in [-0.3, -0.25) is 14.3 Å². The number of anilines is 3. The summed E-state index contributed by atoms with van der Waals surface area (Å²) in [7, 11) is 1.82. The van der Waals surface area contributed by atoms with Gasteiger partial charge in [-0.2, -0.15) is 10.4 Å². The van der Waals surface area contributed by atoms with Crippen molar-refractivity contribution in [3.8, 4) is 6.07 Å². The second-order valence-corrected chi connectivity index (χ2v) is 9.28. The van der Waals surface area contributed by atoms with Gasteiger partial charge in [0, 0.05) is 37.6 Å². The Labute approximate surface area is 186 Å². The third kappa shape index (κ3) is 3.05. The molecule has 2 aromatic heterocycles. The predicted molar refractivity (Wildman–Crippen MR) is 118 cm³/mol. The quantitative estimate of drug-likeness (QED) is 0.720. The summed E-state index contributed by atoms with van der Waals surface area (Å²) < 4.78 is 1.71. The normalized spacial score (nSPS) is 24.5. The Morgan fingerprint density at radius 3 is 2.66 bits per heavy atom. The zero-order chi connectivity index (χ0) is 22.5. The molecule has 1 atom stereocenters. The largest absolute Gasteiger partial charge is 0.369 e. The molecule has 32 heavy (non-hydrogen) atoms. The fourth-order valence-corrected chi connectivity index (χ4v) is 5.50. The number of carbonyl (C=O) groups is 2. The van der Waals surface area contributed by atoms with E-state index in [1.807, 2.05) is 13.1 Å². The molecule has 3 N–H and O–H groups in total. The molecule has 0 aromatic carbocycles. The molecule has 3 heterocycles. The Kier molecular flexibility index (Phi) is 4.69. The Hall–Kier alpha value is -3.41. The molecule has 0 unspecified atom stereocenters. The van der Waals surface area contributed by atoms with Crippen molar-refractivity contribution in [1.29, 1.82) is 5.26 Å². The number of carbonyl (C=O) groups excluding carboxylic acids is 2. The number of rotatable bonds is 6. The SMILES string of the molecule is Cn1nc(Nc2cc(N3CC[C@@](C#N)(C4CC4)C3=O)ccn2)cc1C1(C(N)=O)CCCC1. The summed E-state index contributed by atoms with van der Waals surface area (Å²) >= 11 is 0. The number of nitrogens with zero attached hydrogens (tertiary/aromatic N) is 5. The van der Waals surface area contributed by atoms with E-state index in [4.69, 9.17) is 5.73 Å². The Morgan fingerprint density at radius 1 is 1.25 bits per heavy atom. The van der Waals surface area contributed by atoms with Crippen LogP contribution in [-0.2, 0) is 22.1 Å². The van der Waals surface area contributed by atoms with Crippen molar-refractivity contribution in [3.05, 3.63) is 30.1 Å². The van der Waals surface area contributed by atoms with E-state index < -0.39 is 10.8 Å². The highest BCUT2D eigenvalue weighted by molar-refractivity contribution is 6.02. The second kappa shape index (κ2) is 7.33. The lowest BCUT2D eigenvalue weighted by Crippen LogP contribution is -2.40. The van der Waals surface area contributed by atoms with Crippen molar-refractivity contribution in [2.45, 2.75) is 50.4 Å². The van der Waals surface area contributed by atoms with Crippen molar-refractivity contribution in [3.63, 3.8) is 0 Å². The van der Waals surface area contributed by atoms with Gasteiger partial charge in [-0.1, -0.05) is 12.8 Å². The molecular weight excluding hydrogens is 406 g/mol. The predicted octanol–water partition coefficient (Wildman–Crippen LogP) is 2.51. The first-order valence-corrected chi connectivity index (χ1v) is 11.2. The Morgan fingerprint density at radius 2 is 2.00 bits per heavy atom. The first-order valence-electron chi connectivity index (χ1n) is 11.2. The van der Waals surface area contributed by atoms with Crippen molar-refractivity contribution in [2.24, 2.45) is 24.1 Å². The first-order chi connectivity index (χ1) is 15.4. The van der Waals surface area contributed by atoms with Gasteiger partial charge < -0.3 is 16.0 Å². The molecule has 2 aliphatic carbocycles. The molecule has 3 fully saturated rings. The summed E-state index contributed by atoms with van der Waals surface area (Å²) in [5.74, 6) is 0.875. The van der Waals surface area contributed by atoms with Crippen molar-refractivity contribution in [2.75, 3.05) is 16.8 Å². The number of pyridine rings is 1. The fraction of sp³-hybridized carbons (Fsp3) is 0.522. The average molecular weight is 434 g/mol. The van der Waals surface area contributed by atoms with Crippen LogP contribution in [0.25, 0.3) is 0 Å². The van der Waals surface area contributed by atoms with E-state index in [0.717, 1.165) is 44.2 Å². The van der Waals surface area contributed by atoms with Crippen LogP contribution in [0.4, 0.5) is 17.3 Å². The molecule has 5 rings (SSSR count). The number of nitrogens with one attached hydrogen (secondary N) is 1. The van der Waals surface area contributed by atoms with Gasteiger partial charge in [0.2, 0.25) is 11.8 Å². The number of nitrogens with two attached hydrogens (primary N) is 1. The van der Waals surface area contributed by atoms with Crippen LogP contribution in [0, 0.1) is 22.7 Å².